The molecule has 2 N–H and O–H groups in total. The number of benzene rings is 1. The molecular formula is C21H36N4O. The fourth-order valence-corrected chi connectivity index (χ4v) is 3.17. The number of hydrogen-bond donors (Lipinski definition) is 2. The number of ether oxygens (including phenoxy) is 1. The number of nitrogens with zero attached hydrogens (tertiary/aromatic N) is 2. The summed E-state index contributed by atoms with van der Waals surface area (Å²) in [5.41, 5.74) is 2.46. The Bertz CT molecular complexity index is 563. The van der Waals surface area contributed by atoms with E-state index in [4.69, 9.17) is 4.74 Å². The lowest BCUT2D eigenvalue weighted by atomic mass is 10.1. The van der Waals surface area contributed by atoms with Crippen molar-refractivity contribution in [1.29, 1.82) is 0 Å². The minimum absolute atomic E-state index is 0.218. The van der Waals surface area contributed by atoms with Gasteiger partial charge >= 0.3 is 0 Å². The van der Waals surface area contributed by atoms with Crippen LogP contribution in [0.4, 0.5) is 0 Å². The summed E-state index contributed by atoms with van der Waals surface area (Å²) in [5, 5.41) is 6.72. The van der Waals surface area contributed by atoms with Gasteiger partial charge in [-0.3, -0.25) is 9.89 Å². The van der Waals surface area contributed by atoms with Crippen LogP contribution in [-0.4, -0.2) is 50.3 Å². The van der Waals surface area contributed by atoms with Crippen LogP contribution in [-0.2, 0) is 17.8 Å². The Balaban J connectivity index is 1.85. The standard InChI is InChI=1S/C21H36N4O/c1-21(2,26-4)17-24-20(22-3)23-15-18-10-9-11-19(14-18)16-25-12-7-5-6-8-13-25/h9-11,14H,5-8,12-13,15-17H2,1-4H3,(H2,22,23,24). The Morgan fingerprint density at radius 2 is 1.81 bits per heavy atom. The van der Waals surface area contributed by atoms with Gasteiger partial charge in [0.25, 0.3) is 0 Å². The molecule has 1 aromatic carbocycles. The lowest BCUT2D eigenvalue weighted by Gasteiger charge is -2.24. The largest absolute Gasteiger partial charge is 0.377 e. The highest BCUT2D eigenvalue weighted by Crippen LogP contribution is 2.14. The van der Waals surface area contributed by atoms with Crippen molar-refractivity contribution >= 4 is 5.96 Å². The first-order valence-electron chi connectivity index (χ1n) is 9.82. The first-order valence-corrected chi connectivity index (χ1v) is 9.82. The zero-order chi connectivity index (χ0) is 18.8. The Hall–Kier alpha value is -1.59. The minimum atomic E-state index is -0.218. The zero-order valence-electron chi connectivity index (χ0n) is 17.0. The number of likely N-dealkylation sites (tertiary alicyclic amines) is 1. The van der Waals surface area contributed by atoms with E-state index in [2.05, 4.69) is 58.6 Å². The van der Waals surface area contributed by atoms with Crippen LogP contribution >= 0.6 is 0 Å². The molecule has 26 heavy (non-hydrogen) atoms. The van der Waals surface area contributed by atoms with Crippen molar-refractivity contribution in [1.82, 2.24) is 15.5 Å². The number of rotatable bonds is 7. The highest BCUT2D eigenvalue weighted by atomic mass is 16.5. The van der Waals surface area contributed by atoms with Crippen LogP contribution in [0.3, 0.4) is 0 Å². The van der Waals surface area contributed by atoms with E-state index in [1.54, 1.807) is 14.2 Å². The minimum Gasteiger partial charge on any atom is -0.377 e. The fourth-order valence-electron chi connectivity index (χ4n) is 3.17. The van der Waals surface area contributed by atoms with Gasteiger partial charge < -0.3 is 15.4 Å². The molecule has 146 valence electrons. The van der Waals surface area contributed by atoms with E-state index in [9.17, 15) is 0 Å². The SMILES string of the molecule is CN=C(NCc1cccc(CN2CCCCCC2)c1)NCC(C)(C)OC. The number of nitrogens with one attached hydrogen (secondary N) is 2. The van der Waals surface area contributed by atoms with Gasteiger partial charge in [0.2, 0.25) is 0 Å². The van der Waals surface area contributed by atoms with Gasteiger partial charge in [0.15, 0.2) is 5.96 Å². The fraction of sp³-hybridized carbons (Fsp3) is 0.667. The van der Waals surface area contributed by atoms with Crippen LogP contribution in [0, 0.1) is 0 Å². The van der Waals surface area contributed by atoms with Crippen LogP contribution in [0.2, 0.25) is 0 Å². The van der Waals surface area contributed by atoms with Gasteiger partial charge in [0, 0.05) is 33.8 Å². The smallest absolute Gasteiger partial charge is 0.191 e. The molecule has 5 nitrogen and oxygen atoms in total. The van der Waals surface area contributed by atoms with Gasteiger partial charge in [0.05, 0.1) is 5.60 Å². The molecule has 1 aliphatic rings. The normalized spacial score (nSPS) is 17.0. The maximum atomic E-state index is 5.44. The lowest BCUT2D eigenvalue weighted by Crippen LogP contribution is -2.45. The summed E-state index contributed by atoms with van der Waals surface area (Å²) < 4.78 is 5.44. The van der Waals surface area contributed by atoms with Crippen molar-refractivity contribution in [3.63, 3.8) is 0 Å². The van der Waals surface area contributed by atoms with Crippen molar-refractivity contribution in [3.05, 3.63) is 35.4 Å². The molecule has 0 aromatic heterocycles. The van der Waals surface area contributed by atoms with E-state index in [-0.39, 0.29) is 5.60 Å². The highest BCUT2D eigenvalue weighted by molar-refractivity contribution is 5.79. The quantitative estimate of drug-likeness (QED) is 0.579. The molecule has 2 rings (SSSR count). The predicted molar refractivity (Wildman–Crippen MR) is 109 cm³/mol. The molecule has 0 unspecified atom stereocenters. The molecule has 5 heteroatoms. The maximum Gasteiger partial charge on any atom is 0.191 e. The molecule has 0 radical (unpaired) electrons. The van der Waals surface area contributed by atoms with E-state index in [1.807, 2.05) is 0 Å². The van der Waals surface area contributed by atoms with Crippen molar-refractivity contribution in [2.75, 3.05) is 33.8 Å². The molecule has 0 amide bonds. The predicted octanol–water partition coefficient (Wildman–Crippen LogP) is 3.15. The summed E-state index contributed by atoms with van der Waals surface area (Å²) in [5.74, 6) is 0.799. The van der Waals surface area contributed by atoms with Crippen molar-refractivity contribution < 1.29 is 4.74 Å². The Morgan fingerprint density at radius 3 is 2.46 bits per heavy atom. The summed E-state index contributed by atoms with van der Waals surface area (Å²) >= 11 is 0. The number of guanidine groups is 1. The molecule has 1 heterocycles. The topological polar surface area (TPSA) is 48.9 Å². The van der Waals surface area contributed by atoms with E-state index in [0.29, 0.717) is 6.54 Å². The number of methoxy groups -OCH3 is 1. The third kappa shape index (κ3) is 7.34. The van der Waals surface area contributed by atoms with Gasteiger partial charge in [-0.1, -0.05) is 37.1 Å². The summed E-state index contributed by atoms with van der Waals surface area (Å²) in [7, 11) is 3.53. The zero-order valence-corrected chi connectivity index (χ0v) is 17.0. The van der Waals surface area contributed by atoms with E-state index in [0.717, 1.165) is 19.0 Å². The molecule has 1 fully saturated rings. The second kappa shape index (κ2) is 10.5. The Labute approximate surface area is 159 Å². The van der Waals surface area contributed by atoms with Gasteiger partial charge in [-0.25, -0.2) is 0 Å². The Morgan fingerprint density at radius 1 is 1.12 bits per heavy atom. The van der Waals surface area contributed by atoms with E-state index >= 15 is 0 Å². The molecular weight excluding hydrogens is 324 g/mol. The molecule has 0 spiro atoms. The van der Waals surface area contributed by atoms with Crippen LogP contribution in [0.15, 0.2) is 29.3 Å². The maximum absolute atomic E-state index is 5.44. The molecule has 0 saturated carbocycles. The van der Waals surface area contributed by atoms with Crippen LogP contribution in [0.1, 0.15) is 50.7 Å². The third-order valence-corrected chi connectivity index (χ3v) is 5.01. The first kappa shape index (κ1) is 20.7. The lowest BCUT2D eigenvalue weighted by molar-refractivity contribution is 0.0268. The average molecular weight is 361 g/mol. The monoisotopic (exact) mass is 360 g/mol. The second-order valence-corrected chi connectivity index (χ2v) is 7.75. The van der Waals surface area contributed by atoms with Gasteiger partial charge in [-0.2, -0.15) is 0 Å². The molecule has 0 aliphatic carbocycles. The van der Waals surface area contributed by atoms with Crippen LogP contribution < -0.4 is 10.6 Å². The summed E-state index contributed by atoms with van der Waals surface area (Å²) in [6.45, 7) is 9.10. The number of hydrogen-bond acceptors (Lipinski definition) is 3. The van der Waals surface area contributed by atoms with E-state index < -0.39 is 0 Å². The summed E-state index contributed by atoms with van der Waals surface area (Å²) in [6.07, 6.45) is 5.43. The van der Waals surface area contributed by atoms with Crippen molar-refractivity contribution in [3.8, 4) is 0 Å². The second-order valence-electron chi connectivity index (χ2n) is 7.75. The molecule has 1 saturated heterocycles. The average Bonchev–Trinajstić information content (AvgIpc) is 2.91. The molecule has 1 aromatic rings. The van der Waals surface area contributed by atoms with Gasteiger partial charge in [0.1, 0.15) is 0 Å². The molecule has 1 aliphatic heterocycles. The molecule has 0 atom stereocenters. The van der Waals surface area contributed by atoms with E-state index in [1.165, 1.54) is 49.9 Å². The third-order valence-electron chi connectivity index (χ3n) is 5.01. The number of aliphatic imine (C=N–C) groups is 1. The van der Waals surface area contributed by atoms with Crippen LogP contribution in [0.25, 0.3) is 0 Å². The van der Waals surface area contributed by atoms with Crippen LogP contribution in [0.5, 0.6) is 0 Å². The summed E-state index contributed by atoms with van der Waals surface area (Å²) in [4.78, 5) is 6.89. The summed E-state index contributed by atoms with van der Waals surface area (Å²) in [6, 6.07) is 8.88. The van der Waals surface area contributed by atoms with Gasteiger partial charge in [-0.15, -0.1) is 0 Å². The highest BCUT2D eigenvalue weighted by Gasteiger charge is 2.16. The first-order chi connectivity index (χ1) is 12.5. The van der Waals surface area contributed by atoms with Gasteiger partial charge in [-0.05, 0) is 50.9 Å². The Kier molecular flexibility index (Phi) is 8.39. The molecule has 0 bridgehead atoms. The van der Waals surface area contributed by atoms with Crippen molar-refractivity contribution in [2.45, 2.75) is 58.2 Å². The van der Waals surface area contributed by atoms with Crippen molar-refractivity contribution in [2.24, 2.45) is 4.99 Å².